The van der Waals surface area contributed by atoms with Gasteiger partial charge in [-0.1, -0.05) is 0 Å². The van der Waals surface area contributed by atoms with Crippen LogP contribution in [-0.2, 0) is 10.1 Å². The first kappa shape index (κ1) is 10.2. The van der Waals surface area contributed by atoms with Gasteiger partial charge in [-0.15, -0.1) is 0 Å². The molecule has 7 nitrogen and oxygen atoms in total. The number of piperazine rings is 1. The number of carbonyl (C=O) groups excluding carboxylic acids is 1. The lowest BCUT2D eigenvalue weighted by molar-refractivity contribution is 0.194. The van der Waals surface area contributed by atoms with E-state index in [2.05, 4.69) is 5.32 Å². The van der Waals surface area contributed by atoms with Crippen molar-refractivity contribution in [1.82, 2.24) is 10.2 Å². The third-order valence-corrected chi connectivity index (χ3v) is 2.85. The van der Waals surface area contributed by atoms with Gasteiger partial charge in [-0.3, -0.25) is 9.87 Å². The Hall–Kier alpha value is -0.860. The topological polar surface area (TPSA) is 113 Å². The van der Waals surface area contributed by atoms with E-state index in [0.717, 1.165) is 4.90 Å². The molecule has 0 aromatic rings. The van der Waals surface area contributed by atoms with Gasteiger partial charge in [0.2, 0.25) is 0 Å². The molecule has 1 fully saturated rings. The number of amides is 2. The molecule has 4 N–H and O–H groups in total. The summed E-state index contributed by atoms with van der Waals surface area (Å²) < 4.78 is 30.0. The number of rotatable bonds is 1. The van der Waals surface area contributed by atoms with Crippen LogP contribution in [0.5, 0.6) is 0 Å². The number of nitrogens with zero attached hydrogens (tertiary/aromatic N) is 1. The van der Waals surface area contributed by atoms with Gasteiger partial charge in [-0.25, -0.2) is 4.79 Å². The van der Waals surface area contributed by atoms with Crippen molar-refractivity contribution in [3.8, 4) is 0 Å². The summed E-state index contributed by atoms with van der Waals surface area (Å²) in [6.45, 7) is 0.531. The minimum atomic E-state index is -4.15. The number of hydrogen-bond acceptors (Lipinski definition) is 4. The van der Waals surface area contributed by atoms with Crippen LogP contribution in [0.4, 0.5) is 4.79 Å². The smallest absolute Gasteiger partial charge is 0.314 e. The maximum absolute atomic E-state index is 10.7. The molecule has 1 aliphatic rings. The highest BCUT2D eigenvalue weighted by molar-refractivity contribution is 7.86. The highest BCUT2D eigenvalue weighted by Gasteiger charge is 2.29. The zero-order valence-electron chi connectivity index (χ0n) is 6.80. The second-order valence-corrected chi connectivity index (χ2v) is 4.34. The third kappa shape index (κ3) is 2.54. The quantitative estimate of drug-likeness (QED) is 0.440. The minimum Gasteiger partial charge on any atom is -0.351 e. The van der Waals surface area contributed by atoms with Crippen molar-refractivity contribution in [3.05, 3.63) is 0 Å². The largest absolute Gasteiger partial charge is 0.351 e. The van der Waals surface area contributed by atoms with Gasteiger partial charge >= 0.3 is 6.03 Å². The average Bonchev–Trinajstić information content (AvgIpc) is 2.03. The Morgan fingerprint density at radius 1 is 1.62 bits per heavy atom. The third-order valence-electron chi connectivity index (χ3n) is 1.81. The van der Waals surface area contributed by atoms with E-state index in [1.54, 1.807) is 0 Å². The summed E-state index contributed by atoms with van der Waals surface area (Å²) in [6, 6.07) is -0.685. The van der Waals surface area contributed by atoms with E-state index in [4.69, 9.17) is 10.3 Å². The zero-order valence-corrected chi connectivity index (χ0v) is 7.62. The number of nitrogens with one attached hydrogen (secondary N) is 1. The maximum atomic E-state index is 10.7. The fourth-order valence-corrected chi connectivity index (χ4v) is 1.81. The summed E-state index contributed by atoms with van der Waals surface area (Å²) in [5.74, 6) is 0. The van der Waals surface area contributed by atoms with Gasteiger partial charge in [0.1, 0.15) is 0 Å². The van der Waals surface area contributed by atoms with Crippen LogP contribution in [0.3, 0.4) is 0 Å². The van der Waals surface area contributed by atoms with E-state index in [0.29, 0.717) is 13.1 Å². The van der Waals surface area contributed by atoms with Crippen LogP contribution in [0, 0.1) is 0 Å². The average molecular weight is 209 g/mol. The Morgan fingerprint density at radius 3 is 2.69 bits per heavy atom. The predicted molar refractivity (Wildman–Crippen MR) is 44.5 cm³/mol. The summed E-state index contributed by atoms with van der Waals surface area (Å²) in [4.78, 5) is 11.8. The second-order valence-electron chi connectivity index (χ2n) is 2.74. The van der Waals surface area contributed by atoms with Crippen molar-refractivity contribution in [2.75, 3.05) is 19.6 Å². The van der Waals surface area contributed by atoms with E-state index in [1.807, 2.05) is 0 Å². The van der Waals surface area contributed by atoms with Crippen LogP contribution in [0.25, 0.3) is 0 Å². The fraction of sp³-hybridized carbons (Fsp3) is 0.800. The van der Waals surface area contributed by atoms with Crippen molar-refractivity contribution in [3.63, 3.8) is 0 Å². The van der Waals surface area contributed by atoms with Crippen LogP contribution in [0.2, 0.25) is 0 Å². The molecule has 0 radical (unpaired) electrons. The molecule has 1 aliphatic heterocycles. The summed E-state index contributed by atoms with van der Waals surface area (Å²) in [5, 5.41) is 1.43. The van der Waals surface area contributed by atoms with Gasteiger partial charge in [0.15, 0.2) is 5.37 Å². The minimum absolute atomic E-state index is 0.117. The Balaban J connectivity index is 2.67. The Kier molecular flexibility index (Phi) is 2.74. The summed E-state index contributed by atoms with van der Waals surface area (Å²) in [7, 11) is -4.15. The lowest BCUT2D eigenvalue weighted by Gasteiger charge is -2.30. The van der Waals surface area contributed by atoms with Gasteiger partial charge in [0.25, 0.3) is 10.1 Å². The van der Waals surface area contributed by atoms with Gasteiger partial charge in [0.05, 0.1) is 6.54 Å². The van der Waals surface area contributed by atoms with E-state index < -0.39 is 21.5 Å². The Labute approximate surface area is 75.6 Å². The highest BCUT2D eigenvalue weighted by Crippen LogP contribution is 2.03. The molecule has 0 aromatic heterocycles. The number of hydrogen-bond donors (Lipinski definition) is 3. The predicted octanol–water partition coefficient (Wildman–Crippen LogP) is -1.82. The number of nitrogens with two attached hydrogens (primary N) is 1. The molecule has 76 valence electrons. The lowest BCUT2D eigenvalue weighted by Crippen LogP contribution is -2.56. The standard InChI is InChI=1S/C5H11N3O4S/c6-5(9)8-2-1-7-4(3-8)13(10,11)12/h4,7H,1-3H2,(H2,6,9)(H,10,11,12). The molecule has 1 atom stereocenters. The molecule has 0 aromatic carbocycles. The first-order chi connectivity index (χ1) is 5.91. The van der Waals surface area contributed by atoms with Gasteiger partial charge in [-0.2, -0.15) is 8.42 Å². The summed E-state index contributed by atoms with van der Waals surface area (Å²) in [6.07, 6.45) is 0. The lowest BCUT2D eigenvalue weighted by atomic mass is 10.4. The Morgan fingerprint density at radius 2 is 2.23 bits per heavy atom. The molecule has 0 saturated carbocycles. The van der Waals surface area contributed by atoms with E-state index in [-0.39, 0.29) is 6.54 Å². The molecular weight excluding hydrogens is 198 g/mol. The molecule has 13 heavy (non-hydrogen) atoms. The van der Waals surface area contributed by atoms with Crippen LogP contribution in [-0.4, -0.2) is 48.9 Å². The monoisotopic (exact) mass is 209 g/mol. The molecule has 0 spiro atoms. The highest BCUT2D eigenvalue weighted by atomic mass is 32.2. The second kappa shape index (κ2) is 3.48. The summed E-state index contributed by atoms with van der Waals surface area (Å²) >= 11 is 0. The van der Waals surface area contributed by atoms with Crippen molar-refractivity contribution in [2.24, 2.45) is 5.73 Å². The normalized spacial score (nSPS) is 24.4. The van der Waals surface area contributed by atoms with Crippen LogP contribution < -0.4 is 11.1 Å². The SMILES string of the molecule is NC(=O)N1CCNC(S(=O)(=O)O)C1. The number of primary amides is 1. The van der Waals surface area contributed by atoms with Crippen molar-refractivity contribution in [2.45, 2.75) is 5.37 Å². The molecule has 1 unspecified atom stereocenters. The number of urea groups is 1. The molecule has 8 heteroatoms. The van der Waals surface area contributed by atoms with Crippen molar-refractivity contribution < 1.29 is 17.8 Å². The van der Waals surface area contributed by atoms with Gasteiger partial charge < -0.3 is 10.6 Å². The van der Waals surface area contributed by atoms with Crippen LogP contribution in [0.15, 0.2) is 0 Å². The van der Waals surface area contributed by atoms with Crippen LogP contribution in [0.1, 0.15) is 0 Å². The molecule has 1 heterocycles. The van der Waals surface area contributed by atoms with E-state index >= 15 is 0 Å². The fourth-order valence-electron chi connectivity index (χ4n) is 1.12. The number of carbonyl (C=O) groups is 1. The molecule has 0 aliphatic carbocycles. The molecule has 0 bridgehead atoms. The molecule has 1 rings (SSSR count). The van der Waals surface area contributed by atoms with E-state index in [9.17, 15) is 13.2 Å². The molecular formula is C5H11N3O4S. The van der Waals surface area contributed by atoms with Crippen molar-refractivity contribution >= 4 is 16.1 Å². The van der Waals surface area contributed by atoms with Crippen LogP contribution >= 0.6 is 0 Å². The Bertz CT molecular complexity index is 301. The zero-order chi connectivity index (χ0) is 10.1. The first-order valence-electron chi connectivity index (χ1n) is 3.65. The van der Waals surface area contributed by atoms with Crippen molar-refractivity contribution in [1.29, 1.82) is 0 Å². The van der Waals surface area contributed by atoms with Gasteiger partial charge in [0, 0.05) is 13.1 Å². The van der Waals surface area contributed by atoms with E-state index in [1.165, 1.54) is 0 Å². The van der Waals surface area contributed by atoms with Gasteiger partial charge in [-0.05, 0) is 0 Å². The molecule has 2 amide bonds. The first-order valence-corrected chi connectivity index (χ1v) is 5.15. The summed E-state index contributed by atoms with van der Waals surface area (Å²) in [5.41, 5.74) is 4.96. The molecule has 1 saturated heterocycles. The maximum Gasteiger partial charge on any atom is 0.314 e.